The summed E-state index contributed by atoms with van der Waals surface area (Å²) in [7, 11) is 1.62. The van der Waals surface area contributed by atoms with Gasteiger partial charge in [0.05, 0.1) is 13.2 Å². The fourth-order valence-electron chi connectivity index (χ4n) is 1.83. The summed E-state index contributed by atoms with van der Waals surface area (Å²) in [5, 5.41) is 9.92. The van der Waals surface area contributed by atoms with E-state index >= 15 is 0 Å². The van der Waals surface area contributed by atoms with E-state index in [4.69, 9.17) is 10.5 Å². The fraction of sp³-hybridized carbons (Fsp3) is 0.500. The minimum atomic E-state index is -0.538. The molecule has 0 fully saturated rings. The molecule has 3 heteroatoms. The molecule has 15 heavy (non-hydrogen) atoms. The first-order valence-corrected chi connectivity index (χ1v) is 5.13. The number of nitrogens with two attached hydrogens (primary N) is 1. The quantitative estimate of drug-likeness (QED) is 0.793. The van der Waals surface area contributed by atoms with Gasteiger partial charge in [-0.3, -0.25) is 0 Å². The SMILES string of the molecule is COc1c(C)cc(C)cc1C(O)CCN. The van der Waals surface area contributed by atoms with E-state index in [1.807, 2.05) is 26.0 Å². The summed E-state index contributed by atoms with van der Waals surface area (Å²) in [6.07, 6.45) is 0.0164. The Hall–Kier alpha value is -1.06. The maximum Gasteiger partial charge on any atom is 0.127 e. The van der Waals surface area contributed by atoms with Gasteiger partial charge in [0.1, 0.15) is 5.75 Å². The highest BCUT2D eigenvalue weighted by molar-refractivity contribution is 5.44. The standard InChI is InChI=1S/C12H19NO2/c1-8-6-9(2)12(15-3)10(7-8)11(14)4-5-13/h6-7,11,14H,4-5,13H2,1-3H3. The molecule has 1 atom stereocenters. The van der Waals surface area contributed by atoms with Crippen LogP contribution in [0.5, 0.6) is 5.75 Å². The zero-order valence-corrected chi connectivity index (χ0v) is 9.58. The molecule has 0 aliphatic carbocycles. The maximum atomic E-state index is 9.92. The van der Waals surface area contributed by atoms with Gasteiger partial charge < -0.3 is 15.6 Å². The number of aliphatic hydroxyl groups excluding tert-OH is 1. The summed E-state index contributed by atoms with van der Waals surface area (Å²) in [4.78, 5) is 0. The molecule has 0 heterocycles. The molecule has 1 aromatic carbocycles. The van der Waals surface area contributed by atoms with Gasteiger partial charge in [0.25, 0.3) is 0 Å². The van der Waals surface area contributed by atoms with Gasteiger partial charge in [-0.1, -0.05) is 11.6 Å². The number of hydrogen-bond acceptors (Lipinski definition) is 3. The van der Waals surface area contributed by atoms with Gasteiger partial charge in [-0.05, 0) is 38.4 Å². The normalized spacial score (nSPS) is 12.6. The van der Waals surface area contributed by atoms with E-state index in [0.29, 0.717) is 13.0 Å². The van der Waals surface area contributed by atoms with Crippen molar-refractivity contribution in [1.29, 1.82) is 0 Å². The van der Waals surface area contributed by atoms with Gasteiger partial charge in [0.15, 0.2) is 0 Å². The molecule has 3 N–H and O–H groups in total. The van der Waals surface area contributed by atoms with Gasteiger partial charge in [-0.15, -0.1) is 0 Å². The van der Waals surface area contributed by atoms with Crippen LogP contribution in [0.25, 0.3) is 0 Å². The third-order valence-electron chi connectivity index (χ3n) is 2.45. The van der Waals surface area contributed by atoms with Crippen molar-refractivity contribution in [3.8, 4) is 5.75 Å². The molecule has 1 rings (SSSR count). The van der Waals surface area contributed by atoms with Crippen molar-refractivity contribution in [3.05, 3.63) is 28.8 Å². The number of ether oxygens (including phenoxy) is 1. The molecule has 3 nitrogen and oxygen atoms in total. The Morgan fingerprint density at radius 3 is 2.60 bits per heavy atom. The van der Waals surface area contributed by atoms with E-state index < -0.39 is 6.10 Å². The third kappa shape index (κ3) is 2.70. The van der Waals surface area contributed by atoms with Crippen LogP contribution in [-0.4, -0.2) is 18.8 Å². The maximum absolute atomic E-state index is 9.92. The lowest BCUT2D eigenvalue weighted by molar-refractivity contribution is 0.166. The average Bonchev–Trinajstić information content (AvgIpc) is 2.17. The molecule has 0 radical (unpaired) electrons. The predicted octanol–water partition coefficient (Wildman–Crippen LogP) is 1.69. The lowest BCUT2D eigenvalue weighted by atomic mass is 9.99. The van der Waals surface area contributed by atoms with Crippen LogP contribution in [0.4, 0.5) is 0 Å². The number of benzene rings is 1. The fourth-order valence-corrected chi connectivity index (χ4v) is 1.83. The van der Waals surface area contributed by atoms with Gasteiger partial charge in [-0.2, -0.15) is 0 Å². The third-order valence-corrected chi connectivity index (χ3v) is 2.45. The predicted molar refractivity (Wildman–Crippen MR) is 61.1 cm³/mol. The minimum Gasteiger partial charge on any atom is -0.496 e. The van der Waals surface area contributed by atoms with Gasteiger partial charge >= 0.3 is 0 Å². The minimum absolute atomic E-state index is 0.470. The van der Waals surface area contributed by atoms with Crippen LogP contribution in [0.1, 0.15) is 29.2 Å². The van der Waals surface area contributed by atoms with Gasteiger partial charge in [0, 0.05) is 5.56 Å². The molecule has 0 amide bonds. The largest absolute Gasteiger partial charge is 0.496 e. The Morgan fingerprint density at radius 1 is 1.40 bits per heavy atom. The number of rotatable bonds is 4. The molecule has 0 aliphatic heterocycles. The molecule has 0 saturated carbocycles. The van der Waals surface area contributed by atoms with E-state index in [2.05, 4.69) is 0 Å². The lowest BCUT2D eigenvalue weighted by Gasteiger charge is -2.17. The molecule has 0 aliphatic rings. The van der Waals surface area contributed by atoms with Crippen LogP contribution in [0, 0.1) is 13.8 Å². The van der Waals surface area contributed by atoms with E-state index in [9.17, 15) is 5.11 Å². The number of aliphatic hydroxyl groups is 1. The summed E-state index contributed by atoms with van der Waals surface area (Å²) in [6.45, 7) is 4.45. The van der Waals surface area contributed by atoms with E-state index in [0.717, 1.165) is 22.4 Å². The van der Waals surface area contributed by atoms with Crippen molar-refractivity contribution < 1.29 is 9.84 Å². The van der Waals surface area contributed by atoms with Crippen molar-refractivity contribution >= 4 is 0 Å². The van der Waals surface area contributed by atoms with Crippen LogP contribution in [0.2, 0.25) is 0 Å². The van der Waals surface area contributed by atoms with Crippen LogP contribution in [-0.2, 0) is 0 Å². The first-order valence-electron chi connectivity index (χ1n) is 5.13. The number of hydrogen-bond donors (Lipinski definition) is 2. The van der Waals surface area contributed by atoms with Crippen molar-refractivity contribution in [2.45, 2.75) is 26.4 Å². The Balaban J connectivity index is 3.13. The smallest absolute Gasteiger partial charge is 0.127 e. The van der Waals surface area contributed by atoms with Gasteiger partial charge in [-0.25, -0.2) is 0 Å². The highest BCUT2D eigenvalue weighted by Crippen LogP contribution is 2.31. The highest BCUT2D eigenvalue weighted by atomic mass is 16.5. The van der Waals surface area contributed by atoms with Crippen LogP contribution in [0.3, 0.4) is 0 Å². The van der Waals surface area contributed by atoms with Crippen molar-refractivity contribution in [1.82, 2.24) is 0 Å². The second kappa shape index (κ2) is 5.14. The number of methoxy groups -OCH3 is 1. The second-order valence-electron chi connectivity index (χ2n) is 3.80. The van der Waals surface area contributed by atoms with E-state index in [1.54, 1.807) is 7.11 Å². The van der Waals surface area contributed by atoms with Crippen LogP contribution in [0.15, 0.2) is 12.1 Å². The van der Waals surface area contributed by atoms with Crippen LogP contribution >= 0.6 is 0 Å². The zero-order chi connectivity index (χ0) is 11.4. The summed E-state index contributed by atoms with van der Waals surface area (Å²) in [5.41, 5.74) is 8.44. The van der Waals surface area contributed by atoms with E-state index in [1.165, 1.54) is 0 Å². The molecule has 84 valence electrons. The highest BCUT2D eigenvalue weighted by Gasteiger charge is 2.14. The average molecular weight is 209 g/mol. The van der Waals surface area contributed by atoms with Crippen molar-refractivity contribution in [2.24, 2.45) is 5.73 Å². The first-order chi connectivity index (χ1) is 7.10. The Morgan fingerprint density at radius 2 is 2.07 bits per heavy atom. The Kier molecular flexibility index (Phi) is 4.12. The summed E-state index contributed by atoms with van der Waals surface area (Å²) in [6, 6.07) is 3.99. The molecule has 1 aromatic rings. The van der Waals surface area contributed by atoms with Crippen LogP contribution < -0.4 is 10.5 Å². The monoisotopic (exact) mass is 209 g/mol. The van der Waals surface area contributed by atoms with Crippen molar-refractivity contribution in [2.75, 3.05) is 13.7 Å². The number of aryl methyl sites for hydroxylation is 2. The molecule has 0 bridgehead atoms. The second-order valence-corrected chi connectivity index (χ2v) is 3.80. The summed E-state index contributed by atoms with van der Waals surface area (Å²) >= 11 is 0. The lowest BCUT2D eigenvalue weighted by Crippen LogP contribution is -2.08. The molecular formula is C12H19NO2. The van der Waals surface area contributed by atoms with Crippen molar-refractivity contribution in [3.63, 3.8) is 0 Å². The Bertz CT molecular complexity index is 337. The molecule has 0 saturated heterocycles. The molecular weight excluding hydrogens is 190 g/mol. The summed E-state index contributed by atoms with van der Waals surface area (Å²) < 4.78 is 5.30. The Labute approximate surface area is 90.9 Å². The first kappa shape index (κ1) is 12.0. The van der Waals surface area contributed by atoms with Gasteiger partial charge in [0.2, 0.25) is 0 Å². The molecule has 0 spiro atoms. The molecule has 0 aromatic heterocycles. The van der Waals surface area contributed by atoms with E-state index in [-0.39, 0.29) is 0 Å². The summed E-state index contributed by atoms with van der Waals surface area (Å²) in [5.74, 6) is 0.765. The zero-order valence-electron chi connectivity index (χ0n) is 9.58. The molecule has 1 unspecified atom stereocenters. The topological polar surface area (TPSA) is 55.5 Å².